The van der Waals surface area contributed by atoms with E-state index in [1.165, 1.54) is 12.1 Å². The smallest absolute Gasteiger partial charge is 0.396 e. The van der Waals surface area contributed by atoms with Crippen LogP contribution >= 0.6 is 15.9 Å². The Morgan fingerprint density at radius 2 is 2.18 bits per heavy atom. The van der Waals surface area contributed by atoms with Gasteiger partial charge in [0.15, 0.2) is 0 Å². The van der Waals surface area contributed by atoms with Gasteiger partial charge in [-0.2, -0.15) is 0 Å². The van der Waals surface area contributed by atoms with Crippen molar-refractivity contribution >= 4 is 27.8 Å². The fraction of sp³-hybridized carbons (Fsp3) is 0.273. The molecular weight excluding hydrogens is 293 g/mol. The molecule has 1 aromatic carbocycles. The molecule has 92 valence electrons. The minimum atomic E-state index is -0.970. The first-order chi connectivity index (χ1) is 8.04. The van der Waals surface area contributed by atoms with Gasteiger partial charge in [0.25, 0.3) is 0 Å². The first kappa shape index (κ1) is 13.6. The summed E-state index contributed by atoms with van der Waals surface area (Å²) in [7, 11) is 0. The van der Waals surface area contributed by atoms with Crippen LogP contribution in [0.25, 0.3) is 0 Å². The molecule has 1 aromatic rings. The minimum Gasteiger partial charge on any atom is -0.459 e. The van der Waals surface area contributed by atoms with Crippen molar-refractivity contribution in [2.24, 2.45) is 0 Å². The normalized spacial score (nSPS) is 9.82. The fourth-order valence-corrected chi connectivity index (χ4v) is 1.53. The van der Waals surface area contributed by atoms with E-state index in [0.717, 1.165) is 0 Å². The summed E-state index contributed by atoms with van der Waals surface area (Å²) >= 11 is 3.19. The van der Waals surface area contributed by atoms with Crippen LogP contribution < -0.4 is 5.32 Å². The van der Waals surface area contributed by atoms with Crippen molar-refractivity contribution in [2.75, 3.05) is 6.61 Å². The molecule has 0 unspecified atom stereocenters. The molecule has 0 fully saturated rings. The summed E-state index contributed by atoms with van der Waals surface area (Å²) in [6.45, 7) is 1.65. The molecule has 0 aliphatic carbocycles. The molecule has 0 bridgehead atoms. The number of carbonyl (C=O) groups excluding carboxylic acids is 2. The highest BCUT2D eigenvalue weighted by molar-refractivity contribution is 9.10. The standard InChI is InChI=1S/C11H11BrFNO3/c1-2-17-11(16)10(15)14-6-7-5-8(12)3-4-9(7)13/h3-5H,2,6H2,1H3,(H,14,15). The van der Waals surface area contributed by atoms with Crippen molar-refractivity contribution in [1.29, 1.82) is 0 Å². The molecule has 1 rings (SSSR count). The molecule has 0 saturated carbocycles. The van der Waals surface area contributed by atoms with E-state index in [-0.39, 0.29) is 18.7 Å². The molecule has 0 saturated heterocycles. The summed E-state index contributed by atoms with van der Waals surface area (Å²) < 4.78 is 18.5. The third-order valence-electron chi connectivity index (χ3n) is 1.91. The summed E-state index contributed by atoms with van der Waals surface area (Å²) in [6, 6.07) is 4.35. The highest BCUT2D eigenvalue weighted by Crippen LogP contribution is 2.15. The van der Waals surface area contributed by atoms with Gasteiger partial charge in [0, 0.05) is 16.6 Å². The number of nitrogens with one attached hydrogen (secondary N) is 1. The van der Waals surface area contributed by atoms with Crippen LogP contribution in [0.15, 0.2) is 22.7 Å². The zero-order valence-corrected chi connectivity index (χ0v) is 10.7. The molecule has 1 N–H and O–H groups in total. The predicted octanol–water partition coefficient (Wildman–Crippen LogP) is 1.77. The van der Waals surface area contributed by atoms with Crippen LogP contribution in [-0.4, -0.2) is 18.5 Å². The lowest BCUT2D eigenvalue weighted by Crippen LogP contribution is -2.32. The number of ether oxygens (including phenoxy) is 1. The molecule has 4 nitrogen and oxygen atoms in total. The van der Waals surface area contributed by atoms with Crippen molar-refractivity contribution in [3.63, 3.8) is 0 Å². The van der Waals surface area contributed by atoms with E-state index in [0.29, 0.717) is 4.47 Å². The van der Waals surface area contributed by atoms with Gasteiger partial charge in [-0.05, 0) is 25.1 Å². The Hall–Kier alpha value is -1.43. The monoisotopic (exact) mass is 303 g/mol. The molecule has 6 heteroatoms. The quantitative estimate of drug-likeness (QED) is 0.684. The first-order valence-electron chi connectivity index (χ1n) is 4.93. The lowest BCUT2D eigenvalue weighted by atomic mass is 10.2. The largest absolute Gasteiger partial charge is 0.459 e. The van der Waals surface area contributed by atoms with Crippen LogP contribution in [0.1, 0.15) is 12.5 Å². The second-order valence-corrected chi connectivity index (χ2v) is 4.05. The van der Waals surface area contributed by atoms with Gasteiger partial charge < -0.3 is 10.1 Å². The number of rotatable bonds is 3. The Bertz CT molecular complexity index is 437. The summed E-state index contributed by atoms with van der Waals surface area (Å²) in [4.78, 5) is 22.2. The number of hydrogen-bond donors (Lipinski definition) is 1. The van der Waals surface area contributed by atoms with E-state index >= 15 is 0 Å². The van der Waals surface area contributed by atoms with Crippen molar-refractivity contribution in [1.82, 2.24) is 5.32 Å². The third-order valence-corrected chi connectivity index (χ3v) is 2.40. The molecule has 0 aliphatic heterocycles. The molecule has 0 heterocycles. The van der Waals surface area contributed by atoms with E-state index < -0.39 is 17.7 Å². The number of hydrogen-bond acceptors (Lipinski definition) is 3. The van der Waals surface area contributed by atoms with Gasteiger partial charge in [0.2, 0.25) is 0 Å². The lowest BCUT2D eigenvalue weighted by Gasteiger charge is -2.06. The van der Waals surface area contributed by atoms with Crippen LogP contribution in [0.4, 0.5) is 4.39 Å². The van der Waals surface area contributed by atoms with Crippen molar-refractivity contribution < 1.29 is 18.7 Å². The van der Waals surface area contributed by atoms with Crippen molar-refractivity contribution in [3.05, 3.63) is 34.1 Å². The van der Waals surface area contributed by atoms with Gasteiger partial charge in [-0.1, -0.05) is 15.9 Å². The average molecular weight is 304 g/mol. The number of esters is 1. The molecule has 0 atom stereocenters. The molecule has 0 radical (unpaired) electrons. The van der Waals surface area contributed by atoms with Crippen LogP contribution in [0.2, 0.25) is 0 Å². The van der Waals surface area contributed by atoms with E-state index in [1.54, 1.807) is 13.0 Å². The van der Waals surface area contributed by atoms with E-state index in [9.17, 15) is 14.0 Å². The highest BCUT2D eigenvalue weighted by atomic mass is 79.9. The van der Waals surface area contributed by atoms with Crippen molar-refractivity contribution in [2.45, 2.75) is 13.5 Å². The summed E-state index contributed by atoms with van der Waals surface area (Å²) in [5, 5.41) is 2.28. The maximum absolute atomic E-state index is 13.3. The van der Waals surface area contributed by atoms with Gasteiger partial charge in [0.05, 0.1) is 6.61 Å². The third kappa shape index (κ3) is 4.14. The first-order valence-corrected chi connectivity index (χ1v) is 5.72. The molecule has 17 heavy (non-hydrogen) atoms. The molecule has 0 spiro atoms. The number of halogens is 2. The van der Waals surface area contributed by atoms with Gasteiger partial charge in [-0.3, -0.25) is 4.79 Å². The molecule has 1 amide bonds. The lowest BCUT2D eigenvalue weighted by molar-refractivity contribution is -0.154. The Kier molecular flexibility index (Phi) is 5.09. The Morgan fingerprint density at radius 1 is 1.47 bits per heavy atom. The minimum absolute atomic E-state index is 0.0665. The Morgan fingerprint density at radius 3 is 2.82 bits per heavy atom. The van der Waals surface area contributed by atoms with Crippen molar-refractivity contribution in [3.8, 4) is 0 Å². The van der Waals surface area contributed by atoms with E-state index in [1.807, 2.05) is 0 Å². The second-order valence-electron chi connectivity index (χ2n) is 3.14. The predicted molar refractivity (Wildman–Crippen MR) is 62.6 cm³/mol. The van der Waals surface area contributed by atoms with Crippen LogP contribution in [0.5, 0.6) is 0 Å². The molecular formula is C11H11BrFNO3. The fourth-order valence-electron chi connectivity index (χ4n) is 1.12. The zero-order valence-electron chi connectivity index (χ0n) is 9.13. The number of amides is 1. The summed E-state index contributed by atoms with van der Waals surface area (Å²) in [5.74, 6) is -2.30. The number of carbonyl (C=O) groups is 2. The van der Waals surface area contributed by atoms with Crippen LogP contribution in [0, 0.1) is 5.82 Å². The molecule has 0 aliphatic rings. The maximum Gasteiger partial charge on any atom is 0.396 e. The van der Waals surface area contributed by atoms with Crippen LogP contribution in [0.3, 0.4) is 0 Å². The Balaban J connectivity index is 2.58. The topological polar surface area (TPSA) is 55.4 Å². The molecule has 0 aromatic heterocycles. The highest BCUT2D eigenvalue weighted by Gasteiger charge is 2.14. The summed E-state index contributed by atoms with van der Waals surface area (Å²) in [6.07, 6.45) is 0. The van der Waals surface area contributed by atoms with Gasteiger partial charge in [-0.15, -0.1) is 0 Å². The Labute approximate surface area is 106 Å². The van der Waals surface area contributed by atoms with E-state index in [4.69, 9.17) is 0 Å². The SMILES string of the molecule is CCOC(=O)C(=O)NCc1cc(Br)ccc1F. The maximum atomic E-state index is 13.3. The van der Waals surface area contributed by atoms with Gasteiger partial charge in [-0.25, -0.2) is 9.18 Å². The zero-order chi connectivity index (χ0) is 12.8. The second kappa shape index (κ2) is 6.34. The van der Waals surface area contributed by atoms with Gasteiger partial charge in [0.1, 0.15) is 5.82 Å². The number of benzene rings is 1. The van der Waals surface area contributed by atoms with E-state index in [2.05, 4.69) is 26.0 Å². The average Bonchev–Trinajstić information content (AvgIpc) is 2.30. The van der Waals surface area contributed by atoms with Crippen LogP contribution in [-0.2, 0) is 20.9 Å². The van der Waals surface area contributed by atoms with Gasteiger partial charge >= 0.3 is 11.9 Å². The summed E-state index contributed by atoms with van der Waals surface area (Å²) in [5.41, 5.74) is 0.289.